The smallest absolute Gasteiger partial charge is 0.287 e. The normalized spacial score (nSPS) is 14.9. The number of aromatic nitrogens is 4. The zero-order chi connectivity index (χ0) is 19.7. The van der Waals surface area contributed by atoms with Crippen molar-refractivity contribution in [3.63, 3.8) is 0 Å². The fourth-order valence-electron chi connectivity index (χ4n) is 3.21. The molecule has 3 aromatic rings. The number of rotatable bonds is 4. The van der Waals surface area contributed by atoms with Crippen molar-refractivity contribution in [1.29, 1.82) is 0 Å². The van der Waals surface area contributed by atoms with E-state index in [9.17, 15) is 13.6 Å². The molecule has 0 N–H and O–H groups in total. The van der Waals surface area contributed by atoms with E-state index in [0.29, 0.717) is 36.5 Å². The Hall–Kier alpha value is -2.81. The number of para-hydroxylation sites is 2. The number of hydrogen-bond donors (Lipinski definition) is 0. The zero-order valence-electron chi connectivity index (χ0n) is 14.8. The van der Waals surface area contributed by atoms with E-state index in [0.717, 1.165) is 16.9 Å². The monoisotopic (exact) mass is 406 g/mol. The summed E-state index contributed by atoms with van der Waals surface area (Å²) in [7, 11) is 0. The molecule has 4 rings (SSSR count). The highest BCUT2D eigenvalue weighted by atomic mass is 35.5. The Morgan fingerprint density at radius 3 is 2.43 bits per heavy atom. The third kappa shape index (κ3) is 3.62. The lowest BCUT2D eigenvalue weighted by molar-refractivity contribution is 0.119. The van der Waals surface area contributed by atoms with Gasteiger partial charge in [-0.05, 0) is 12.1 Å². The quantitative estimate of drug-likeness (QED) is 0.663. The van der Waals surface area contributed by atoms with E-state index in [1.807, 2.05) is 29.2 Å². The predicted molar refractivity (Wildman–Crippen MR) is 103 cm³/mol. The molecule has 1 aromatic carbocycles. The molecule has 0 amide bonds. The lowest BCUT2D eigenvalue weighted by Gasteiger charge is -2.36. The minimum absolute atomic E-state index is 0.0883. The summed E-state index contributed by atoms with van der Waals surface area (Å²) in [6.07, 6.45) is 0.453. The van der Waals surface area contributed by atoms with Crippen LogP contribution in [0.3, 0.4) is 0 Å². The van der Waals surface area contributed by atoms with Gasteiger partial charge in [0.15, 0.2) is 0 Å². The van der Waals surface area contributed by atoms with Crippen LogP contribution in [-0.4, -0.2) is 52.4 Å². The molecule has 0 saturated carbocycles. The van der Waals surface area contributed by atoms with Crippen LogP contribution in [0.2, 0.25) is 5.02 Å². The summed E-state index contributed by atoms with van der Waals surface area (Å²) in [6.45, 7) is 1.72. The number of anilines is 2. The summed E-state index contributed by atoms with van der Waals surface area (Å²) >= 11 is 6.14. The molecule has 2 aromatic heterocycles. The van der Waals surface area contributed by atoms with Crippen molar-refractivity contribution in [3.05, 3.63) is 52.0 Å². The van der Waals surface area contributed by atoms with Crippen molar-refractivity contribution in [2.24, 2.45) is 0 Å². The molecule has 0 atom stereocenters. The topological polar surface area (TPSA) is 67.2 Å². The maximum Gasteiger partial charge on any atom is 0.287 e. The van der Waals surface area contributed by atoms with Crippen LogP contribution in [0.4, 0.5) is 20.3 Å². The fourth-order valence-corrected chi connectivity index (χ4v) is 3.48. The average Bonchev–Trinajstić information content (AvgIpc) is 2.71. The molecule has 1 saturated heterocycles. The van der Waals surface area contributed by atoms with E-state index >= 15 is 0 Å². The Kier molecular flexibility index (Phi) is 5.08. The molecule has 0 unspecified atom stereocenters. The van der Waals surface area contributed by atoms with Gasteiger partial charge in [0.1, 0.15) is 17.4 Å². The second-order valence-electron chi connectivity index (χ2n) is 6.41. The van der Waals surface area contributed by atoms with Gasteiger partial charge in [-0.2, -0.15) is 5.10 Å². The van der Waals surface area contributed by atoms with Crippen LogP contribution in [0, 0.1) is 0 Å². The Bertz CT molecular complexity index is 1050. The summed E-state index contributed by atoms with van der Waals surface area (Å²) in [5.41, 5.74) is 1.42. The molecule has 3 heterocycles. The van der Waals surface area contributed by atoms with Crippen LogP contribution in [0.1, 0.15) is 0 Å². The van der Waals surface area contributed by atoms with Crippen LogP contribution >= 0.6 is 11.6 Å². The van der Waals surface area contributed by atoms with Gasteiger partial charge in [-0.25, -0.2) is 18.4 Å². The van der Waals surface area contributed by atoms with Gasteiger partial charge in [0.05, 0.1) is 29.1 Å². The Morgan fingerprint density at radius 1 is 1.04 bits per heavy atom. The number of benzene rings is 1. The van der Waals surface area contributed by atoms with Crippen LogP contribution in [0.5, 0.6) is 0 Å². The van der Waals surface area contributed by atoms with E-state index in [-0.39, 0.29) is 5.02 Å². The fraction of sp³-hybridized carbons (Fsp3) is 0.333. The molecule has 7 nitrogen and oxygen atoms in total. The molecule has 146 valence electrons. The molecule has 0 spiro atoms. The molecule has 1 aliphatic rings. The first-order valence-electron chi connectivity index (χ1n) is 8.78. The number of piperazine rings is 1. The minimum Gasteiger partial charge on any atom is -0.365 e. The van der Waals surface area contributed by atoms with Gasteiger partial charge in [0.25, 0.3) is 12.0 Å². The molecule has 28 heavy (non-hydrogen) atoms. The van der Waals surface area contributed by atoms with E-state index in [1.54, 1.807) is 6.20 Å². The Morgan fingerprint density at radius 2 is 1.71 bits per heavy atom. The second-order valence-corrected chi connectivity index (χ2v) is 6.79. The lowest BCUT2D eigenvalue weighted by Crippen LogP contribution is -2.47. The largest absolute Gasteiger partial charge is 0.365 e. The SMILES string of the molecule is O=c1c(Cl)c(N2CCN(c3cnc4ccccc4n3)CC2)cnn1CC(F)F. The summed E-state index contributed by atoms with van der Waals surface area (Å²) in [5.74, 6) is 0.787. The van der Waals surface area contributed by atoms with Crippen LogP contribution in [-0.2, 0) is 6.54 Å². The average molecular weight is 407 g/mol. The maximum atomic E-state index is 12.5. The molecule has 0 aliphatic carbocycles. The maximum absolute atomic E-state index is 12.5. The number of alkyl halides is 2. The number of fused-ring (bicyclic) bond motifs is 1. The van der Waals surface area contributed by atoms with Gasteiger partial charge >= 0.3 is 0 Å². The molecule has 1 fully saturated rings. The Balaban J connectivity index is 1.49. The molecular weight excluding hydrogens is 390 g/mol. The van der Waals surface area contributed by atoms with E-state index in [1.165, 1.54) is 6.20 Å². The van der Waals surface area contributed by atoms with Gasteiger partial charge in [0, 0.05) is 26.2 Å². The van der Waals surface area contributed by atoms with Crippen molar-refractivity contribution >= 4 is 34.1 Å². The summed E-state index contributed by atoms with van der Waals surface area (Å²) in [4.78, 5) is 25.3. The van der Waals surface area contributed by atoms with E-state index < -0.39 is 18.5 Å². The first-order chi connectivity index (χ1) is 13.5. The molecule has 10 heteroatoms. The summed E-state index contributed by atoms with van der Waals surface area (Å²) < 4.78 is 25.7. The van der Waals surface area contributed by atoms with Crippen molar-refractivity contribution < 1.29 is 8.78 Å². The highest BCUT2D eigenvalue weighted by Crippen LogP contribution is 2.24. The van der Waals surface area contributed by atoms with Crippen molar-refractivity contribution in [1.82, 2.24) is 19.7 Å². The third-order valence-corrected chi connectivity index (χ3v) is 5.01. The molecule has 0 radical (unpaired) electrons. The molecule has 1 aliphatic heterocycles. The first kappa shape index (κ1) is 18.5. The third-order valence-electron chi connectivity index (χ3n) is 4.66. The number of nitrogens with zero attached hydrogens (tertiary/aromatic N) is 6. The summed E-state index contributed by atoms with van der Waals surface area (Å²) in [5, 5.41) is 3.74. The van der Waals surface area contributed by atoms with Crippen molar-refractivity contribution in [2.45, 2.75) is 13.0 Å². The molecule has 0 bridgehead atoms. The van der Waals surface area contributed by atoms with Crippen LogP contribution < -0.4 is 15.4 Å². The van der Waals surface area contributed by atoms with Gasteiger partial charge < -0.3 is 9.80 Å². The van der Waals surface area contributed by atoms with Crippen LogP contribution in [0.25, 0.3) is 11.0 Å². The van der Waals surface area contributed by atoms with E-state index in [4.69, 9.17) is 11.6 Å². The number of halogens is 3. The van der Waals surface area contributed by atoms with Crippen molar-refractivity contribution in [2.75, 3.05) is 36.0 Å². The first-order valence-corrected chi connectivity index (χ1v) is 9.16. The van der Waals surface area contributed by atoms with Gasteiger partial charge in [-0.3, -0.25) is 9.78 Å². The van der Waals surface area contributed by atoms with E-state index in [2.05, 4.69) is 20.0 Å². The lowest BCUT2D eigenvalue weighted by atomic mass is 10.2. The zero-order valence-corrected chi connectivity index (χ0v) is 15.6. The van der Waals surface area contributed by atoms with Gasteiger partial charge in [0.2, 0.25) is 0 Å². The highest BCUT2D eigenvalue weighted by Gasteiger charge is 2.23. The van der Waals surface area contributed by atoms with Gasteiger partial charge in [-0.1, -0.05) is 23.7 Å². The van der Waals surface area contributed by atoms with Crippen LogP contribution in [0.15, 0.2) is 41.5 Å². The Labute approximate surface area is 164 Å². The second kappa shape index (κ2) is 7.67. The summed E-state index contributed by atoms with van der Waals surface area (Å²) in [6, 6.07) is 7.67. The predicted octanol–water partition coefficient (Wildman–Crippen LogP) is 2.43. The molecular formula is C18H17ClF2N6O. The highest BCUT2D eigenvalue weighted by molar-refractivity contribution is 6.33. The number of hydrogen-bond acceptors (Lipinski definition) is 6. The van der Waals surface area contributed by atoms with Gasteiger partial charge in [-0.15, -0.1) is 0 Å². The van der Waals surface area contributed by atoms with Crippen molar-refractivity contribution in [3.8, 4) is 0 Å². The minimum atomic E-state index is -2.67. The standard InChI is InChI=1S/C18H17ClF2N6O/c19-17-14(9-23-27(18(17)28)11-15(20)21)25-5-7-26(8-6-25)16-10-22-12-3-1-2-4-13(12)24-16/h1-4,9-10,15H,5-8,11H2.